The number of nitrogens with zero attached hydrogens (tertiary/aromatic N) is 2. The Bertz CT molecular complexity index is 2810. The van der Waals surface area contributed by atoms with Gasteiger partial charge in [-0.3, -0.25) is 0 Å². The van der Waals surface area contributed by atoms with Gasteiger partial charge in [0.25, 0.3) is 0 Å². The summed E-state index contributed by atoms with van der Waals surface area (Å²) >= 11 is 0. The maximum absolute atomic E-state index is 6.60. The van der Waals surface area contributed by atoms with Crippen molar-refractivity contribution in [3.05, 3.63) is 158 Å². The lowest BCUT2D eigenvalue weighted by Crippen LogP contribution is -1.94. The molecule has 0 amide bonds. The Morgan fingerprint density at radius 2 is 0.917 bits per heavy atom. The molecule has 0 radical (unpaired) electrons. The van der Waals surface area contributed by atoms with Crippen LogP contribution in [-0.4, -0.2) is 9.97 Å². The van der Waals surface area contributed by atoms with Gasteiger partial charge in [0.15, 0.2) is 11.4 Å². The van der Waals surface area contributed by atoms with Crippen LogP contribution >= 0.6 is 0 Å². The summed E-state index contributed by atoms with van der Waals surface area (Å²) in [6.45, 7) is 0. The molecule has 3 heterocycles. The zero-order chi connectivity index (χ0) is 31.6. The zero-order valence-corrected chi connectivity index (χ0v) is 25.7. The highest BCUT2D eigenvalue weighted by Gasteiger charge is 2.22. The molecule has 0 saturated carbocycles. The van der Waals surface area contributed by atoms with Gasteiger partial charge >= 0.3 is 0 Å². The molecular weight excluding hydrogens is 588 g/mol. The van der Waals surface area contributed by atoms with Crippen LogP contribution in [0.4, 0.5) is 0 Å². The maximum Gasteiger partial charge on any atom is 0.180 e. The molecule has 224 valence electrons. The second kappa shape index (κ2) is 10.5. The van der Waals surface area contributed by atoms with Gasteiger partial charge in [-0.1, -0.05) is 127 Å². The molecule has 0 saturated heterocycles. The molecule has 0 atom stereocenters. The first-order valence-corrected chi connectivity index (χ1v) is 16.1. The van der Waals surface area contributed by atoms with Crippen LogP contribution in [0.25, 0.3) is 99.7 Å². The summed E-state index contributed by atoms with van der Waals surface area (Å²) in [4.78, 5) is 10.3. The summed E-state index contributed by atoms with van der Waals surface area (Å²) in [6, 6.07) is 54.5. The molecule has 0 aliphatic heterocycles. The van der Waals surface area contributed by atoms with Gasteiger partial charge in [-0.25, -0.2) is 9.97 Å². The Morgan fingerprint density at radius 3 is 1.69 bits per heavy atom. The molecule has 4 heteroatoms. The lowest BCUT2D eigenvalue weighted by molar-refractivity contribution is 0.667. The highest BCUT2D eigenvalue weighted by atomic mass is 16.3. The van der Waals surface area contributed by atoms with E-state index in [2.05, 4.69) is 103 Å². The number of benzene rings is 7. The van der Waals surface area contributed by atoms with E-state index in [4.69, 9.17) is 18.8 Å². The number of para-hydroxylation sites is 1. The van der Waals surface area contributed by atoms with Crippen LogP contribution in [0.5, 0.6) is 0 Å². The normalized spacial score (nSPS) is 11.8. The van der Waals surface area contributed by atoms with Crippen LogP contribution in [0, 0.1) is 0 Å². The van der Waals surface area contributed by atoms with Crippen LogP contribution in [-0.2, 0) is 0 Å². The summed E-state index contributed by atoms with van der Waals surface area (Å²) in [7, 11) is 0. The Hall–Kier alpha value is -6.52. The van der Waals surface area contributed by atoms with Crippen molar-refractivity contribution in [3.8, 4) is 44.9 Å². The number of rotatable bonds is 4. The van der Waals surface area contributed by atoms with Crippen molar-refractivity contribution in [1.29, 1.82) is 0 Å². The predicted molar refractivity (Wildman–Crippen MR) is 196 cm³/mol. The average Bonchev–Trinajstić information content (AvgIpc) is 3.73. The Kier molecular flexibility index (Phi) is 5.84. The molecule has 0 aliphatic carbocycles. The van der Waals surface area contributed by atoms with E-state index in [1.807, 2.05) is 54.6 Å². The lowest BCUT2D eigenvalue weighted by atomic mass is 9.96. The summed E-state index contributed by atoms with van der Waals surface area (Å²) in [6.07, 6.45) is 0. The predicted octanol–water partition coefficient (Wildman–Crippen LogP) is 12.1. The molecule has 0 N–H and O–H groups in total. The van der Waals surface area contributed by atoms with Crippen LogP contribution in [0.3, 0.4) is 0 Å². The summed E-state index contributed by atoms with van der Waals surface area (Å²) in [5, 5.41) is 5.13. The Labute approximate surface area is 275 Å². The third-order valence-electron chi connectivity index (χ3n) is 9.31. The molecule has 3 aromatic heterocycles. The number of fused-ring (bicyclic) bond motifs is 8. The number of hydrogen-bond acceptors (Lipinski definition) is 4. The monoisotopic (exact) mass is 614 g/mol. The fourth-order valence-corrected chi connectivity index (χ4v) is 6.95. The van der Waals surface area contributed by atoms with Gasteiger partial charge in [-0.15, -0.1) is 0 Å². The van der Waals surface area contributed by atoms with Crippen LogP contribution in [0.2, 0.25) is 0 Å². The van der Waals surface area contributed by atoms with Crippen molar-refractivity contribution < 1.29 is 8.83 Å². The van der Waals surface area contributed by atoms with Crippen LogP contribution in [0.15, 0.2) is 167 Å². The third-order valence-corrected chi connectivity index (χ3v) is 9.31. The van der Waals surface area contributed by atoms with Crippen LogP contribution < -0.4 is 0 Å². The molecule has 0 aliphatic rings. The smallest absolute Gasteiger partial charge is 0.180 e. The first-order chi connectivity index (χ1) is 23.8. The topological polar surface area (TPSA) is 52.1 Å². The molecule has 0 spiro atoms. The highest BCUT2D eigenvalue weighted by Crippen LogP contribution is 2.43. The van der Waals surface area contributed by atoms with E-state index in [9.17, 15) is 0 Å². The number of furan rings is 2. The Morgan fingerprint density at radius 1 is 0.354 bits per heavy atom. The zero-order valence-electron chi connectivity index (χ0n) is 25.7. The van der Waals surface area contributed by atoms with Crippen molar-refractivity contribution in [1.82, 2.24) is 9.97 Å². The van der Waals surface area contributed by atoms with Crippen molar-refractivity contribution >= 4 is 54.8 Å². The lowest BCUT2D eigenvalue weighted by Gasteiger charge is -2.10. The minimum Gasteiger partial charge on any atom is -0.455 e. The molecule has 7 aromatic carbocycles. The van der Waals surface area contributed by atoms with E-state index in [1.54, 1.807) is 0 Å². The SMILES string of the molecule is c1ccc(-c2ccc(-c3ccc4oc5c6ccccc6c(-c6nc(-c7ccccc7)nc7c6oc6ccccc67)cc5c4c3)cc2)cc1. The summed E-state index contributed by atoms with van der Waals surface area (Å²) in [5.41, 5.74) is 11.3. The van der Waals surface area contributed by atoms with Gasteiger partial charge in [0.2, 0.25) is 0 Å². The van der Waals surface area contributed by atoms with Gasteiger partial charge in [0.05, 0.1) is 0 Å². The second-order valence-corrected chi connectivity index (χ2v) is 12.1. The van der Waals surface area contributed by atoms with Gasteiger partial charge in [0.1, 0.15) is 28.0 Å². The van der Waals surface area contributed by atoms with Gasteiger partial charge in [-0.2, -0.15) is 0 Å². The average molecular weight is 615 g/mol. The minimum absolute atomic E-state index is 0.659. The van der Waals surface area contributed by atoms with Crippen LogP contribution in [0.1, 0.15) is 0 Å². The first kappa shape index (κ1) is 26.7. The fourth-order valence-electron chi connectivity index (χ4n) is 6.95. The standard InChI is InChI=1S/C44H26N2O2/c1-3-11-27(12-4-1)28-19-21-29(22-20-28)31-23-24-39-35(25-31)37-26-36(32-15-7-8-16-33(32)42(37)47-39)41-43-40(34-17-9-10-18-38(34)48-43)45-44(46-41)30-13-5-2-6-14-30/h1-26H. The fraction of sp³-hybridized carbons (Fsp3) is 0. The molecular formula is C44H26N2O2. The summed E-state index contributed by atoms with van der Waals surface area (Å²) < 4.78 is 13.1. The third kappa shape index (κ3) is 4.16. The van der Waals surface area contributed by atoms with E-state index >= 15 is 0 Å². The first-order valence-electron chi connectivity index (χ1n) is 16.1. The van der Waals surface area contributed by atoms with E-state index in [0.29, 0.717) is 11.4 Å². The minimum atomic E-state index is 0.659. The Balaban J connectivity index is 1.22. The molecule has 0 bridgehead atoms. The van der Waals surface area contributed by atoms with E-state index < -0.39 is 0 Å². The second-order valence-electron chi connectivity index (χ2n) is 12.1. The van der Waals surface area contributed by atoms with Crippen molar-refractivity contribution in [3.63, 3.8) is 0 Å². The molecule has 48 heavy (non-hydrogen) atoms. The largest absolute Gasteiger partial charge is 0.455 e. The molecule has 10 aromatic rings. The molecule has 4 nitrogen and oxygen atoms in total. The molecule has 0 fully saturated rings. The maximum atomic E-state index is 6.60. The van der Waals surface area contributed by atoms with E-state index in [-0.39, 0.29) is 0 Å². The van der Waals surface area contributed by atoms with Crippen molar-refractivity contribution in [2.75, 3.05) is 0 Å². The van der Waals surface area contributed by atoms with Crippen molar-refractivity contribution in [2.24, 2.45) is 0 Å². The molecule has 10 rings (SSSR count). The van der Waals surface area contributed by atoms with Gasteiger partial charge in [-0.05, 0) is 58.0 Å². The highest BCUT2D eigenvalue weighted by molar-refractivity contribution is 6.21. The number of aromatic nitrogens is 2. The molecule has 0 unspecified atom stereocenters. The van der Waals surface area contributed by atoms with E-state index in [0.717, 1.165) is 77.1 Å². The van der Waals surface area contributed by atoms with E-state index in [1.165, 1.54) is 11.1 Å². The number of hydrogen-bond donors (Lipinski definition) is 0. The van der Waals surface area contributed by atoms with Crippen molar-refractivity contribution in [2.45, 2.75) is 0 Å². The quantitative estimate of drug-likeness (QED) is 0.198. The van der Waals surface area contributed by atoms with Gasteiger partial charge in [0, 0.05) is 32.7 Å². The summed E-state index contributed by atoms with van der Waals surface area (Å²) in [5.74, 6) is 0.659. The van der Waals surface area contributed by atoms with Gasteiger partial charge < -0.3 is 8.83 Å².